The molecule has 6 unspecified atom stereocenters. The number of aliphatic hydroxyl groups is 3. The van der Waals surface area contributed by atoms with Gasteiger partial charge < -0.3 is 24.8 Å². The van der Waals surface area contributed by atoms with Gasteiger partial charge >= 0.3 is 11.9 Å². The standard InChI is InChI=1S/C38H62O7/c1-10-32(8,29(40)45-33(9,24(2)3)34-12-25-11-26(13-34)16-36(41,15-25)20-34)19-30(4,5)28(39)44-31(6,7)35-14-27-17-37(42,21-35)23-38(43,18-27)22-35/h24-27,41-43H,10-23H2,1-9H3. The summed E-state index contributed by atoms with van der Waals surface area (Å²) < 4.78 is 13.2. The monoisotopic (exact) mass is 630 g/mol. The summed E-state index contributed by atoms with van der Waals surface area (Å²) in [6, 6.07) is 0. The van der Waals surface area contributed by atoms with E-state index in [4.69, 9.17) is 9.47 Å². The van der Waals surface area contributed by atoms with Crippen molar-refractivity contribution in [2.45, 2.75) is 180 Å². The second kappa shape index (κ2) is 9.94. The summed E-state index contributed by atoms with van der Waals surface area (Å²) >= 11 is 0. The Kier molecular flexibility index (Phi) is 7.44. The molecule has 8 fully saturated rings. The van der Waals surface area contributed by atoms with E-state index in [1.807, 2.05) is 41.5 Å². The van der Waals surface area contributed by atoms with E-state index >= 15 is 0 Å². The molecule has 7 heteroatoms. The molecule has 0 amide bonds. The molecule has 8 aliphatic carbocycles. The molecular weight excluding hydrogens is 568 g/mol. The van der Waals surface area contributed by atoms with Gasteiger partial charge in [-0.05, 0) is 149 Å². The van der Waals surface area contributed by atoms with Crippen molar-refractivity contribution < 1.29 is 34.4 Å². The summed E-state index contributed by atoms with van der Waals surface area (Å²) in [7, 11) is 0. The number of hydrogen-bond donors (Lipinski definition) is 3. The average Bonchev–Trinajstić information content (AvgIpc) is 2.84. The second-order valence-electron chi connectivity index (χ2n) is 19.7. The van der Waals surface area contributed by atoms with Crippen LogP contribution in [0.15, 0.2) is 0 Å². The first-order valence-electron chi connectivity index (χ1n) is 18.1. The van der Waals surface area contributed by atoms with Crippen LogP contribution in [-0.4, -0.2) is 55.3 Å². The van der Waals surface area contributed by atoms with Gasteiger partial charge in [0.2, 0.25) is 0 Å². The fraction of sp³-hybridized carbons (Fsp3) is 0.947. The maximum atomic E-state index is 14.4. The van der Waals surface area contributed by atoms with E-state index in [0.717, 1.165) is 32.1 Å². The molecule has 8 aliphatic rings. The highest BCUT2D eigenvalue weighted by Crippen LogP contribution is 2.68. The van der Waals surface area contributed by atoms with Crippen LogP contribution in [0.2, 0.25) is 0 Å². The predicted molar refractivity (Wildman–Crippen MR) is 172 cm³/mol. The van der Waals surface area contributed by atoms with Gasteiger partial charge in [0.05, 0.1) is 27.6 Å². The second-order valence-corrected chi connectivity index (χ2v) is 19.7. The lowest BCUT2D eigenvalue weighted by molar-refractivity contribution is -0.274. The molecule has 0 aromatic heterocycles. The minimum absolute atomic E-state index is 0.0751. The minimum Gasteiger partial charge on any atom is -0.459 e. The van der Waals surface area contributed by atoms with E-state index < -0.39 is 44.3 Å². The Hall–Kier alpha value is -1.18. The van der Waals surface area contributed by atoms with Crippen LogP contribution in [-0.2, 0) is 19.1 Å². The van der Waals surface area contributed by atoms with E-state index in [-0.39, 0.29) is 35.6 Å². The molecule has 6 atom stereocenters. The van der Waals surface area contributed by atoms with Gasteiger partial charge in [0.1, 0.15) is 11.2 Å². The Labute approximate surface area is 271 Å². The summed E-state index contributed by atoms with van der Waals surface area (Å²) in [5.74, 6) is 0.645. The van der Waals surface area contributed by atoms with Crippen LogP contribution < -0.4 is 0 Å². The summed E-state index contributed by atoms with van der Waals surface area (Å²) in [4.78, 5) is 28.5. The molecular formula is C38H62O7. The van der Waals surface area contributed by atoms with Gasteiger partial charge in [-0.1, -0.05) is 20.8 Å². The summed E-state index contributed by atoms with van der Waals surface area (Å²) in [6.07, 6.45) is 10.1. The van der Waals surface area contributed by atoms with E-state index in [1.54, 1.807) is 0 Å². The molecule has 256 valence electrons. The van der Waals surface area contributed by atoms with Gasteiger partial charge in [-0.2, -0.15) is 0 Å². The summed E-state index contributed by atoms with van der Waals surface area (Å²) in [6.45, 7) is 17.9. The fourth-order valence-corrected chi connectivity index (χ4v) is 12.8. The lowest BCUT2D eigenvalue weighted by atomic mass is 9.43. The molecule has 0 aliphatic heterocycles. The average molecular weight is 631 g/mol. The topological polar surface area (TPSA) is 113 Å². The lowest BCUT2D eigenvalue weighted by Gasteiger charge is -2.66. The number of carbonyl (C=O) groups excluding carboxylic acids is 2. The maximum absolute atomic E-state index is 14.4. The number of ether oxygens (including phenoxy) is 2. The first-order valence-corrected chi connectivity index (χ1v) is 18.1. The quantitative estimate of drug-likeness (QED) is 0.226. The van der Waals surface area contributed by atoms with Gasteiger partial charge in [-0.3, -0.25) is 9.59 Å². The number of esters is 2. The molecule has 0 spiro atoms. The van der Waals surface area contributed by atoms with Crippen molar-refractivity contribution in [3.63, 3.8) is 0 Å². The summed E-state index contributed by atoms with van der Waals surface area (Å²) in [5, 5.41) is 34.3. The molecule has 0 saturated heterocycles. The van der Waals surface area contributed by atoms with Crippen LogP contribution in [0.1, 0.15) is 152 Å². The minimum atomic E-state index is -0.971. The Bertz CT molecular complexity index is 1200. The molecule has 45 heavy (non-hydrogen) atoms. The Morgan fingerprint density at radius 1 is 0.689 bits per heavy atom. The zero-order chi connectivity index (χ0) is 33.3. The molecule has 8 bridgehead atoms. The van der Waals surface area contributed by atoms with Crippen molar-refractivity contribution in [3.8, 4) is 0 Å². The molecule has 8 saturated carbocycles. The third-order valence-corrected chi connectivity index (χ3v) is 14.8. The number of hydrogen-bond acceptors (Lipinski definition) is 7. The Balaban J connectivity index is 1.19. The van der Waals surface area contributed by atoms with Gasteiger partial charge in [0.25, 0.3) is 0 Å². The zero-order valence-electron chi connectivity index (χ0n) is 29.7. The number of rotatable bonds is 10. The molecule has 0 aromatic rings. The zero-order valence-corrected chi connectivity index (χ0v) is 29.7. The van der Waals surface area contributed by atoms with Crippen LogP contribution in [0, 0.1) is 45.3 Å². The molecule has 0 aromatic carbocycles. The molecule has 8 rings (SSSR count). The smallest absolute Gasteiger partial charge is 0.312 e. The lowest BCUT2D eigenvalue weighted by Crippen LogP contribution is -2.68. The molecule has 0 heterocycles. The van der Waals surface area contributed by atoms with Crippen molar-refractivity contribution in [1.29, 1.82) is 0 Å². The van der Waals surface area contributed by atoms with E-state index in [0.29, 0.717) is 56.8 Å². The first kappa shape index (κ1) is 33.7. The van der Waals surface area contributed by atoms with Crippen LogP contribution in [0.3, 0.4) is 0 Å². The van der Waals surface area contributed by atoms with Gasteiger partial charge in [0, 0.05) is 17.3 Å². The largest absolute Gasteiger partial charge is 0.459 e. The van der Waals surface area contributed by atoms with Crippen molar-refractivity contribution in [2.75, 3.05) is 0 Å². The highest BCUT2D eigenvalue weighted by atomic mass is 16.6. The molecule has 0 radical (unpaired) electrons. The number of carbonyl (C=O) groups is 2. The first-order chi connectivity index (χ1) is 20.4. The van der Waals surface area contributed by atoms with E-state index in [2.05, 4.69) is 20.8 Å². The van der Waals surface area contributed by atoms with Crippen molar-refractivity contribution in [3.05, 3.63) is 0 Å². The third-order valence-electron chi connectivity index (χ3n) is 14.8. The van der Waals surface area contributed by atoms with E-state index in [1.165, 1.54) is 6.42 Å². The van der Waals surface area contributed by atoms with Gasteiger partial charge in [-0.25, -0.2) is 0 Å². The highest BCUT2D eigenvalue weighted by molar-refractivity contribution is 5.81. The third kappa shape index (κ3) is 5.23. The van der Waals surface area contributed by atoms with Crippen molar-refractivity contribution in [2.24, 2.45) is 45.3 Å². The summed E-state index contributed by atoms with van der Waals surface area (Å²) in [5.41, 5.74) is -6.69. The van der Waals surface area contributed by atoms with Gasteiger partial charge in [-0.15, -0.1) is 0 Å². The highest BCUT2D eigenvalue weighted by Gasteiger charge is 2.68. The van der Waals surface area contributed by atoms with Crippen LogP contribution >= 0.6 is 0 Å². The van der Waals surface area contributed by atoms with Crippen LogP contribution in [0.4, 0.5) is 0 Å². The van der Waals surface area contributed by atoms with Crippen LogP contribution in [0.5, 0.6) is 0 Å². The normalized spacial score (nSPS) is 44.5. The maximum Gasteiger partial charge on any atom is 0.312 e. The Morgan fingerprint density at radius 3 is 1.64 bits per heavy atom. The predicted octanol–water partition coefficient (Wildman–Crippen LogP) is 6.88. The van der Waals surface area contributed by atoms with Crippen molar-refractivity contribution in [1.82, 2.24) is 0 Å². The van der Waals surface area contributed by atoms with Crippen molar-refractivity contribution >= 4 is 11.9 Å². The Morgan fingerprint density at radius 2 is 1.18 bits per heavy atom. The van der Waals surface area contributed by atoms with E-state index in [9.17, 15) is 24.9 Å². The SMILES string of the molecule is CCC(C)(CC(C)(C)C(=O)OC(C)(C)C12CC3CC(O)(CC(O)(C3)C1)C2)C(=O)OC(C)(C(C)C)C12CC3CC(CC(O)(C3)C1)C2. The van der Waals surface area contributed by atoms with Crippen LogP contribution in [0.25, 0.3) is 0 Å². The van der Waals surface area contributed by atoms with Gasteiger partial charge in [0.15, 0.2) is 0 Å². The molecule has 3 N–H and O–H groups in total. The fourth-order valence-electron chi connectivity index (χ4n) is 12.8. The molecule has 7 nitrogen and oxygen atoms in total.